The third kappa shape index (κ3) is 8.83. The number of piperidine rings is 1. The second-order valence-corrected chi connectivity index (χ2v) is 8.10. The van der Waals surface area contributed by atoms with Crippen molar-refractivity contribution in [1.82, 2.24) is 9.80 Å². The lowest BCUT2D eigenvalue weighted by Gasteiger charge is -2.40. The summed E-state index contributed by atoms with van der Waals surface area (Å²) >= 11 is 0. The van der Waals surface area contributed by atoms with E-state index in [0.717, 1.165) is 32.2 Å². The second kappa shape index (κ2) is 13.5. The second-order valence-electron chi connectivity index (χ2n) is 8.10. The Hall–Kier alpha value is -0.640. The summed E-state index contributed by atoms with van der Waals surface area (Å²) in [5.74, 6) is 1.53. The molecule has 0 spiro atoms. The van der Waals surface area contributed by atoms with Crippen LogP contribution in [-0.4, -0.2) is 61.8 Å². The third-order valence-electron chi connectivity index (χ3n) is 5.56. The summed E-state index contributed by atoms with van der Waals surface area (Å²) in [5, 5.41) is 0. The first-order valence-electron chi connectivity index (χ1n) is 10.9. The molecule has 2 heterocycles. The van der Waals surface area contributed by atoms with Gasteiger partial charge in [-0.05, 0) is 52.0 Å². The highest BCUT2D eigenvalue weighted by Crippen LogP contribution is 2.30. The zero-order valence-corrected chi connectivity index (χ0v) is 18.3. The summed E-state index contributed by atoms with van der Waals surface area (Å²) < 4.78 is 5.44. The number of ether oxygens (including phenoxy) is 1. The van der Waals surface area contributed by atoms with Crippen LogP contribution in [0.5, 0.6) is 0 Å². The predicted octanol–water partition coefficient (Wildman–Crippen LogP) is 4.99. The maximum Gasteiger partial charge on any atom is 0.0594 e. The van der Waals surface area contributed by atoms with Crippen molar-refractivity contribution in [3.63, 3.8) is 0 Å². The number of morpholine rings is 1. The van der Waals surface area contributed by atoms with Gasteiger partial charge in [0.05, 0.1) is 13.2 Å². The molecule has 3 unspecified atom stereocenters. The number of hydrogen-bond donors (Lipinski definition) is 0. The Morgan fingerprint density at radius 2 is 1.81 bits per heavy atom. The van der Waals surface area contributed by atoms with E-state index in [4.69, 9.17) is 4.74 Å². The van der Waals surface area contributed by atoms with Crippen LogP contribution in [-0.2, 0) is 4.74 Å². The molecular weight excluding hydrogens is 320 g/mol. The maximum atomic E-state index is 5.44. The van der Waals surface area contributed by atoms with Crippen LogP contribution in [0, 0.1) is 11.8 Å². The van der Waals surface area contributed by atoms with Crippen LogP contribution < -0.4 is 0 Å². The van der Waals surface area contributed by atoms with Crippen LogP contribution in [0.1, 0.15) is 60.8 Å². The molecule has 0 aromatic heterocycles. The Kier molecular flexibility index (Phi) is 12.2. The number of likely N-dealkylation sites (tertiary alicyclic amines) is 1. The van der Waals surface area contributed by atoms with Gasteiger partial charge >= 0.3 is 0 Å². The molecule has 3 heteroatoms. The summed E-state index contributed by atoms with van der Waals surface area (Å²) in [4.78, 5) is 5.25. The molecule has 0 aliphatic carbocycles. The summed E-state index contributed by atoms with van der Waals surface area (Å²) in [6.45, 7) is 21.1. The molecule has 2 aliphatic rings. The topological polar surface area (TPSA) is 15.7 Å². The molecule has 26 heavy (non-hydrogen) atoms. The monoisotopic (exact) mass is 364 g/mol. The fourth-order valence-corrected chi connectivity index (χ4v) is 4.03. The van der Waals surface area contributed by atoms with Gasteiger partial charge < -0.3 is 4.74 Å². The van der Waals surface area contributed by atoms with E-state index in [1.165, 1.54) is 44.5 Å². The lowest BCUT2D eigenvalue weighted by molar-refractivity contribution is 0.0258. The molecule has 0 amide bonds. The summed E-state index contributed by atoms with van der Waals surface area (Å²) in [7, 11) is 0. The van der Waals surface area contributed by atoms with Gasteiger partial charge in [0.25, 0.3) is 0 Å². The number of allylic oxidation sites excluding steroid dienone is 4. The molecule has 3 atom stereocenters. The van der Waals surface area contributed by atoms with Crippen molar-refractivity contribution in [3.05, 3.63) is 23.8 Å². The Bertz CT molecular complexity index is 412. The van der Waals surface area contributed by atoms with Crippen molar-refractivity contribution in [2.75, 3.05) is 45.9 Å². The van der Waals surface area contributed by atoms with Crippen LogP contribution >= 0.6 is 0 Å². The standard InChI is InChI=1S/C20H36N2O.C3H8/c1-5-6-17(2)15-18(3)20-7-8-22(19(4)16-20)10-9-21-11-13-23-14-12-21;1-3-2/h5-6,15,18-20H,7-14,16H2,1-4H3;3H2,1-2H3/b6-5-,17-15-;. The molecule has 0 aromatic rings. The minimum Gasteiger partial charge on any atom is -0.379 e. The van der Waals surface area contributed by atoms with E-state index in [9.17, 15) is 0 Å². The van der Waals surface area contributed by atoms with Gasteiger partial charge in [0.2, 0.25) is 0 Å². The molecule has 152 valence electrons. The SMILES string of the molecule is C/C=C\C(C)=C/C(C)C1CCN(CCN2CCOCC2)C(C)C1.CCC. The largest absolute Gasteiger partial charge is 0.379 e. The van der Waals surface area contributed by atoms with Crippen LogP contribution in [0.15, 0.2) is 23.8 Å². The van der Waals surface area contributed by atoms with Crippen molar-refractivity contribution in [1.29, 1.82) is 0 Å². The normalized spacial score (nSPS) is 27.2. The van der Waals surface area contributed by atoms with Crippen molar-refractivity contribution >= 4 is 0 Å². The van der Waals surface area contributed by atoms with Crippen LogP contribution in [0.4, 0.5) is 0 Å². The van der Waals surface area contributed by atoms with Crippen LogP contribution in [0.2, 0.25) is 0 Å². The molecule has 3 nitrogen and oxygen atoms in total. The van der Waals surface area contributed by atoms with Gasteiger partial charge in [-0.3, -0.25) is 9.80 Å². The highest BCUT2D eigenvalue weighted by molar-refractivity contribution is 5.16. The first-order chi connectivity index (χ1) is 12.5. The Morgan fingerprint density at radius 1 is 1.15 bits per heavy atom. The fourth-order valence-electron chi connectivity index (χ4n) is 4.03. The molecule has 0 aromatic carbocycles. The molecule has 0 N–H and O–H groups in total. The maximum absolute atomic E-state index is 5.44. The summed E-state index contributed by atoms with van der Waals surface area (Å²) in [6, 6.07) is 0.715. The van der Waals surface area contributed by atoms with Crippen LogP contribution in [0.25, 0.3) is 0 Å². The van der Waals surface area contributed by atoms with Gasteiger partial charge in [-0.1, -0.05) is 51.0 Å². The van der Waals surface area contributed by atoms with Crippen molar-refractivity contribution in [2.24, 2.45) is 11.8 Å². The molecule has 2 saturated heterocycles. The molecule has 0 saturated carbocycles. The zero-order valence-electron chi connectivity index (χ0n) is 18.3. The van der Waals surface area contributed by atoms with Gasteiger partial charge in [0, 0.05) is 32.2 Å². The van der Waals surface area contributed by atoms with Crippen molar-refractivity contribution in [2.45, 2.75) is 66.8 Å². The molecular formula is C23H44N2O. The van der Waals surface area contributed by atoms with Crippen LogP contribution in [0.3, 0.4) is 0 Å². The van der Waals surface area contributed by atoms with E-state index in [0.29, 0.717) is 12.0 Å². The summed E-state index contributed by atoms with van der Waals surface area (Å²) in [6.07, 6.45) is 10.7. The van der Waals surface area contributed by atoms with Gasteiger partial charge in [0.15, 0.2) is 0 Å². The lowest BCUT2D eigenvalue weighted by Crippen LogP contribution is -2.47. The van der Waals surface area contributed by atoms with Gasteiger partial charge in [-0.2, -0.15) is 0 Å². The third-order valence-corrected chi connectivity index (χ3v) is 5.56. The van der Waals surface area contributed by atoms with E-state index < -0.39 is 0 Å². The predicted molar refractivity (Wildman–Crippen MR) is 115 cm³/mol. The van der Waals surface area contributed by atoms with E-state index in [1.54, 1.807) is 0 Å². The molecule has 2 fully saturated rings. The Labute approximate surface area is 163 Å². The van der Waals surface area contributed by atoms with Gasteiger partial charge in [-0.25, -0.2) is 0 Å². The minimum absolute atomic E-state index is 0.690. The average molecular weight is 365 g/mol. The molecule has 0 radical (unpaired) electrons. The van der Waals surface area contributed by atoms with E-state index in [2.05, 4.69) is 69.6 Å². The average Bonchev–Trinajstić information content (AvgIpc) is 2.62. The lowest BCUT2D eigenvalue weighted by atomic mass is 9.81. The van der Waals surface area contributed by atoms with E-state index in [1.807, 2.05) is 0 Å². The van der Waals surface area contributed by atoms with Crippen molar-refractivity contribution < 1.29 is 4.74 Å². The van der Waals surface area contributed by atoms with Crippen molar-refractivity contribution in [3.8, 4) is 0 Å². The molecule has 2 rings (SSSR count). The fraction of sp³-hybridized carbons (Fsp3) is 0.826. The van der Waals surface area contributed by atoms with E-state index in [-0.39, 0.29) is 0 Å². The quantitative estimate of drug-likeness (QED) is 0.617. The van der Waals surface area contributed by atoms with E-state index >= 15 is 0 Å². The first-order valence-corrected chi connectivity index (χ1v) is 10.9. The van der Waals surface area contributed by atoms with Gasteiger partial charge in [0.1, 0.15) is 0 Å². The Balaban J connectivity index is 0.00000105. The number of nitrogens with zero attached hydrogens (tertiary/aromatic N) is 2. The highest BCUT2D eigenvalue weighted by atomic mass is 16.5. The smallest absolute Gasteiger partial charge is 0.0594 e. The number of rotatable bonds is 6. The first kappa shape index (κ1) is 23.4. The highest BCUT2D eigenvalue weighted by Gasteiger charge is 2.28. The zero-order chi connectivity index (χ0) is 19.4. The molecule has 2 aliphatic heterocycles. The van der Waals surface area contributed by atoms with Gasteiger partial charge in [-0.15, -0.1) is 0 Å². The minimum atomic E-state index is 0.690. The molecule has 0 bridgehead atoms. The number of hydrogen-bond acceptors (Lipinski definition) is 3. The Morgan fingerprint density at radius 3 is 2.38 bits per heavy atom. The summed E-state index contributed by atoms with van der Waals surface area (Å²) in [5.41, 5.74) is 1.41.